The van der Waals surface area contributed by atoms with Gasteiger partial charge in [0.2, 0.25) is 11.0 Å². The Morgan fingerprint density at radius 3 is 2.95 bits per heavy atom. The molecule has 7 heteroatoms. The van der Waals surface area contributed by atoms with Crippen LogP contribution in [0.3, 0.4) is 0 Å². The molecule has 0 aliphatic heterocycles. The lowest BCUT2D eigenvalue weighted by molar-refractivity contribution is -0.116. The first-order chi connectivity index (χ1) is 10.2. The van der Waals surface area contributed by atoms with Crippen molar-refractivity contribution in [2.24, 2.45) is 0 Å². The summed E-state index contributed by atoms with van der Waals surface area (Å²) in [6.45, 7) is 3.97. The van der Waals surface area contributed by atoms with Gasteiger partial charge in [0.1, 0.15) is 0 Å². The van der Waals surface area contributed by atoms with E-state index in [1.807, 2.05) is 24.6 Å². The van der Waals surface area contributed by atoms with E-state index in [0.29, 0.717) is 11.6 Å². The number of rotatable bonds is 8. The number of carbonyl (C=O) groups is 1. The van der Waals surface area contributed by atoms with Crippen LogP contribution in [0.15, 0.2) is 17.5 Å². The predicted octanol–water partition coefficient (Wildman–Crippen LogP) is 3.33. The molecule has 2 aromatic heterocycles. The number of thiophene rings is 1. The molecule has 0 aliphatic rings. The number of carbonyl (C=O) groups excluding carboxylic acids is 1. The van der Waals surface area contributed by atoms with Crippen molar-refractivity contribution in [1.82, 2.24) is 15.1 Å². The molecule has 2 rings (SSSR count). The molecule has 0 saturated heterocycles. The number of hydrogen-bond acceptors (Lipinski definition) is 6. The lowest BCUT2D eigenvalue weighted by atomic mass is 10.3. The lowest BCUT2D eigenvalue weighted by Crippen LogP contribution is -2.25. The zero-order chi connectivity index (χ0) is 15.1. The second-order valence-electron chi connectivity index (χ2n) is 4.84. The zero-order valence-electron chi connectivity index (χ0n) is 12.3. The topological polar surface area (TPSA) is 58.1 Å². The molecule has 2 heterocycles. The maximum Gasteiger partial charge on any atom is 0.227 e. The smallest absolute Gasteiger partial charge is 0.227 e. The molecule has 2 aromatic rings. The van der Waals surface area contributed by atoms with Crippen molar-refractivity contribution in [3.05, 3.63) is 17.5 Å². The Labute approximate surface area is 133 Å². The van der Waals surface area contributed by atoms with Crippen LogP contribution < -0.4 is 5.32 Å². The first-order valence-corrected chi connectivity index (χ1v) is 8.74. The van der Waals surface area contributed by atoms with Gasteiger partial charge in [-0.1, -0.05) is 30.7 Å². The minimum Gasteiger partial charge on any atom is -0.306 e. The molecule has 0 aliphatic carbocycles. The molecule has 0 radical (unpaired) electrons. The van der Waals surface area contributed by atoms with Crippen LogP contribution in [0, 0.1) is 0 Å². The van der Waals surface area contributed by atoms with Gasteiger partial charge in [-0.3, -0.25) is 4.79 Å². The van der Waals surface area contributed by atoms with E-state index in [-0.39, 0.29) is 5.91 Å². The van der Waals surface area contributed by atoms with Gasteiger partial charge in [-0.25, -0.2) is 0 Å². The van der Waals surface area contributed by atoms with Gasteiger partial charge in [-0.2, -0.15) is 0 Å². The number of nitrogens with one attached hydrogen (secondary N) is 1. The minimum atomic E-state index is -0.00720. The fourth-order valence-electron chi connectivity index (χ4n) is 1.79. The molecular formula is C14H20N4OS2. The van der Waals surface area contributed by atoms with Gasteiger partial charge in [-0.05, 0) is 31.5 Å². The van der Waals surface area contributed by atoms with E-state index in [1.165, 1.54) is 24.2 Å². The van der Waals surface area contributed by atoms with Crippen LogP contribution >= 0.6 is 22.7 Å². The number of unbranched alkanes of at least 4 members (excludes halogenated alkanes) is 1. The van der Waals surface area contributed by atoms with Gasteiger partial charge in [0, 0.05) is 13.0 Å². The summed E-state index contributed by atoms with van der Waals surface area (Å²) < 4.78 is 0. The molecule has 114 valence electrons. The molecule has 0 unspecified atom stereocenters. The summed E-state index contributed by atoms with van der Waals surface area (Å²) in [5.74, 6) is -0.00720. The Morgan fingerprint density at radius 1 is 1.38 bits per heavy atom. The minimum absolute atomic E-state index is 0.00720. The van der Waals surface area contributed by atoms with E-state index in [0.717, 1.165) is 23.0 Å². The standard InChI is InChI=1S/C14H20N4OS2/c1-3-4-8-18(2)9-7-12(19)15-14-17-16-13(21-14)11-6-5-10-20-11/h5-6,10H,3-4,7-9H2,1-2H3,(H,15,17,19). The van der Waals surface area contributed by atoms with Crippen LogP contribution in [0.1, 0.15) is 26.2 Å². The third-order valence-electron chi connectivity index (χ3n) is 3.02. The Kier molecular flexibility index (Phi) is 6.28. The molecule has 0 bridgehead atoms. The lowest BCUT2D eigenvalue weighted by Gasteiger charge is -2.15. The van der Waals surface area contributed by atoms with Gasteiger partial charge >= 0.3 is 0 Å². The van der Waals surface area contributed by atoms with E-state index in [9.17, 15) is 4.79 Å². The highest BCUT2D eigenvalue weighted by Crippen LogP contribution is 2.29. The van der Waals surface area contributed by atoms with Gasteiger partial charge < -0.3 is 10.2 Å². The Morgan fingerprint density at radius 2 is 2.24 bits per heavy atom. The van der Waals surface area contributed by atoms with Crippen LogP contribution in [-0.2, 0) is 4.79 Å². The first kappa shape index (κ1) is 16.1. The average Bonchev–Trinajstić information content (AvgIpc) is 3.13. The van der Waals surface area contributed by atoms with E-state index >= 15 is 0 Å². The number of hydrogen-bond donors (Lipinski definition) is 1. The molecule has 0 atom stereocenters. The molecule has 0 fully saturated rings. The van der Waals surface area contributed by atoms with Crippen molar-refractivity contribution in [1.29, 1.82) is 0 Å². The molecule has 21 heavy (non-hydrogen) atoms. The summed E-state index contributed by atoms with van der Waals surface area (Å²) in [6.07, 6.45) is 2.82. The Hall–Kier alpha value is -1.31. The predicted molar refractivity (Wildman–Crippen MR) is 88.9 cm³/mol. The second kappa shape index (κ2) is 8.21. The van der Waals surface area contributed by atoms with Gasteiger partial charge in [0.25, 0.3) is 0 Å². The monoisotopic (exact) mass is 324 g/mol. The quantitative estimate of drug-likeness (QED) is 0.809. The number of anilines is 1. The molecule has 1 N–H and O–H groups in total. The first-order valence-electron chi connectivity index (χ1n) is 7.05. The highest BCUT2D eigenvalue weighted by atomic mass is 32.1. The summed E-state index contributed by atoms with van der Waals surface area (Å²) in [7, 11) is 2.04. The van der Waals surface area contributed by atoms with Crippen LogP contribution in [0.25, 0.3) is 9.88 Å². The third kappa shape index (κ3) is 5.18. The third-order valence-corrected chi connectivity index (χ3v) is 4.90. The fourth-order valence-corrected chi connectivity index (χ4v) is 3.34. The van der Waals surface area contributed by atoms with Gasteiger partial charge in [0.15, 0.2) is 5.01 Å². The highest BCUT2D eigenvalue weighted by molar-refractivity contribution is 7.23. The molecule has 0 spiro atoms. The molecule has 0 saturated carbocycles. The van der Waals surface area contributed by atoms with Crippen molar-refractivity contribution < 1.29 is 4.79 Å². The summed E-state index contributed by atoms with van der Waals surface area (Å²) in [5, 5.41) is 14.4. The van der Waals surface area contributed by atoms with Gasteiger partial charge in [0.05, 0.1) is 4.88 Å². The summed E-state index contributed by atoms with van der Waals surface area (Å²) >= 11 is 3.03. The van der Waals surface area contributed by atoms with Crippen molar-refractivity contribution in [3.63, 3.8) is 0 Å². The second-order valence-corrected chi connectivity index (χ2v) is 6.77. The van der Waals surface area contributed by atoms with Crippen molar-refractivity contribution in [2.45, 2.75) is 26.2 Å². The Bertz CT molecular complexity index is 553. The summed E-state index contributed by atoms with van der Waals surface area (Å²) in [4.78, 5) is 15.1. The van der Waals surface area contributed by atoms with Crippen molar-refractivity contribution >= 4 is 33.7 Å². The molecular weight excluding hydrogens is 304 g/mol. The number of aromatic nitrogens is 2. The van der Waals surface area contributed by atoms with Crippen LogP contribution in [0.4, 0.5) is 5.13 Å². The molecule has 1 amide bonds. The highest BCUT2D eigenvalue weighted by Gasteiger charge is 2.10. The van der Waals surface area contributed by atoms with Crippen molar-refractivity contribution in [3.8, 4) is 9.88 Å². The van der Waals surface area contributed by atoms with Crippen LogP contribution in [0.2, 0.25) is 0 Å². The maximum absolute atomic E-state index is 11.9. The largest absolute Gasteiger partial charge is 0.306 e. The zero-order valence-corrected chi connectivity index (χ0v) is 14.0. The maximum atomic E-state index is 11.9. The summed E-state index contributed by atoms with van der Waals surface area (Å²) in [6, 6.07) is 3.98. The Balaban J connectivity index is 1.78. The van der Waals surface area contributed by atoms with E-state index in [1.54, 1.807) is 11.3 Å². The number of nitrogens with zero attached hydrogens (tertiary/aromatic N) is 3. The van der Waals surface area contributed by atoms with Crippen LogP contribution in [0.5, 0.6) is 0 Å². The van der Waals surface area contributed by atoms with E-state index in [2.05, 4.69) is 27.3 Å². The van der Waals surface area contributed by atoms with Crippen molar-refractivity contribution in [2.75, 3.05) is 25.5 Å². The van der Waals surface area contributed by atoms with E-state index < -0.39 is 0 Å². The van der Waals surface area contributed by atoms with Gasteiger partial charge in [-0.15, -0.1) is 21.5 Å². The number of amides is 1. The van der Waals surface area contributed by atoms with Crippen LogP contribution in [-0.4, -0.2) is 41.1 Å². The summed E-state index contributed by atoms with van der Waals surface area (Å²) in [5.41, 5.74) is 0. The molecule has 5 nitrogen and oxygen atoms in total. The fraction of sp³-hybridized carbons (Fsp3) is 0.500. The molecule has 0 aromatic carbocycles. The van der Waals surface area contributed by atoms with E-state index in [4.69, 9.17) is 0 Å². The average molecular weight is 324 g/mol. The SMILES string of the molecule is CCCCN(C)CCC(=O)Nc1nnc(-c2cccs2)s1. The normalized spacial score (nSPS) is 11.0.